The molecule has 1 saturated heterocycles. The number of aromatic nitrogens is 1. The highest BCUT2D eigenvalue weighted by Gasteiger charge is 2.37. The summed E-state index contributed by atoms with van der Waals surface area (Å²) in [7, 11) is -3.60. The third kappa shape index (κ3) is 3.00. The highest BCUT2D eigenvalue weighted by Crippen LogP contribution is 2.37. The highest BCUT2D eigenvalue weighted by molar-refractivity contribution is 7.89. The molecule has 1 fully saturated rings. The lowest BCUT2D eigenvalue weighted by atomic mass is 10.1. The van der Waals surface area contributed by atoms with Crippen LogP contribution < -0.4 is 0 Å². The number of benzene rings is 1. The summed E-state index contributed by atoms with van der Waals surface area (Å²) >= 11 is 1.62. The van der Waals surface area contributed by atoms with Crippen LogP contribution in [0.2, 0.25) is 0 Å². The molecule has 3 heterocycles. The minimum atomic E-state index is -3.60. The Morgan fingerprint density at radius 2 is 2.08 bits per heavy atom. The molecular weight excluding hydrogens is 368 g/mol. The van der Waals surface area contributed by atoms with Crippen molar-refractivity contribution in [3.63, 3.8) is 0 Å². The lowest BCUT2D eigenvalue weighted by molar-refractivity contribution is 0.349. The Bertz CT molecular complexity index is 1040. The predicted molar refractivity (Wildman–Crippen MR) is 102 cm³/mol. The van der Waals surface area contributed by atoms with Gasteiger partial charge < -0.3 is 4.52 Å². The van der Waals surface area contributed by atoms with Gasteiger partial charge in [0.25, 0.3) is 0 Å². The van der Waals surface area contributed by atoms with E-state index in [0.717, 1.165) is 29.5 Å². The summed E-state index contributed by atoms with van der Waals surface area (Å²) < 4.78 is 33.3. The van der Waals surface area contributed by atoms with Crippen LogP contribution in [0.15, 0.2) is 50.5 Å². The van der Waals surface area contributed by atoms with Gasteiger partial charge in [-0.25, -0.2) is 8.42 Å². The summed E-state index contributed by atoms with van der Waals surface area (Å²) in [5.74, 6) is 0.694. The van der Waals surface area contributed by atoms with Crippen molar-refractivity contribution in [2.45, 2.75) is 37.6 Å². The van der Waals surface area contributed by atoms with E-state index in [1.165, 1.54) is 0 Å². The van der Waals surface area contributed by atoms with Gasteiger partial charge in [-0.05, 0) is 66.3 Å². The van der Waals surface area contributed by atoms with E-state index in [2.05, 4.69) is 15.9 Å². The molecule has 26 heavy (non-hydrogen) atoms. The van der Waals surface area contributed by atoms with Crippen molar-refractivity contribution in [2.75, 3.05) is 6.54 Å². The van der Waals surface area contributed by atoms with Crippen LogP contribution in [0.4, 0.5) is 0 Å². The molecule has 0 bridgehead atoms. The number of hydrogen-bond donors (Lipinski definition) is 0. The Labute approximate surface area is 157 Å². The van der Waals surface area contributed by atoms with Crippen molar-refractivity contribution in [3.05, 3.63) is 58.1 Å². The first kappa shape index (κ1) is 17.5. The number of aryl methyl sites for hydroxylation is 2. The zero-order chi connectivity index (χ0) is 18.3. The largest absolute Gasteiger partial charge is 0.361 e. The van der Waals surface area contributed by atoms with Crippen molar-refractivity contribution in [1.29, 1.82) is 0 Å². The van der Waals surface area contributed by atoms with Crippen LogP contribution in [0.1, 0.15) is 35.9 Å². The molecule has 1 unspecified atom stereocenters. The molecule has 136 valence electrons. The highest BCUT2D eigenvalue weighted by atomic mass is 32.2. The van der Waals surface area contributed by atoms with Gasteiger partial charge in [-0.1, -0.05) is 17.3 Å². The Balaban J connectivity index is 1.71. The predicted octanol–water partition coefficient (Wildman–Crippen LogP) is 4.55. The fraction of sp³-hybridized carbons (Fsp3) is 0.316. The van der Waals surface area contributed by atoms with Gasteiger partial charge in [0.1, 0.15) is 11.5 Å². The van der Waals surface area contributed by atoms with Crippen LogP contribution in [-0.2, 0) is 10.0 Å². The molecule has 0 aliphatic carbocycles. The average molecular weight is 389 g/mol. The van der Waals surface area contributed by atoms with Gasteiger partial charge in [0, 0.05) is 12.6 Å². The quantitative estimate of drug-likeness (QED) is 0.658. The number of hydrogen-bond acceptors (Lipinski definition) is 5. The normalized spacial score (nSPS) is 18.5. The van der Waals surface area contributed by atoms with E-state index in [4.69, 9.17) is 4.52 Å². The van der Waals surface area contributed by atoms with Gasteiger partial charge in [0.15, 0.2) is 0 Å². The molecular formula is C19H20N2O3S2. The van der Waals surface area contributed by atoms with Gasteiger partial charge in [-0.2, -0.15) is 15.6 Å². The second-order valence-electron chi connectivity index (χ2n) is 6.63. The first-order valence-corrected chi connectivity index (χ1v) is 10.9. The lowest BCUT2D eigenvalue weighted by Crippen LogP contribution is -2.30. The van der Waals surface area contributed by atoms with Crippen LogP contribution in [-0.4, -0.2) is 24.4 Å². The molecule has 1 aromatic carbocycles. The summed E-state index contributed by atoms with van der Waals surface area (Å²) in [4.78, 5) is 0.327. The molecule has 0 amide bonds. The first-order valence-electron chi connectivity index (χ1n) is 8.55. The van der Waals surface area contributed by atoms with Crippen molar-refractivity contribution in [1.82, 2.24) is 9.46 Å². The summed E-state index contributed by atoms with van der Waals surface area (Å²) in [6.45, 7) is 4.36. The van der Waals surface area contributed by atoms with Crippen LogP contribution in [0.5, 0.6) is 0 Å². The third-order valence-corrected chi connectivity index (χ3v) is 7.56. The summed E-state index contributed by atoms with van der Waals surface area (Å²) in [6, 6.07) is 8.77. The molecule has 0 N–H and O–H groups in total. The van der Waals surface area contributed by atoms with Gasteiger partial charge in [0.2, 0.25) is 10.0 Å². The molecule has 5 nitrogen and oxygen atoms in total. The third-order valence-electron chi connectivity index (χ3n) is 4.80. The van der Waals surface area contributed by atoms with Crippen LogP contribution in [0.25, 0.3) is 11.1 Å². The summed E-state index contributed by atoms with van der Waals surface area (Å²) in [6.07, 6.45) is 1.58. The maximum atomic E-state index is 13.3. The molecule has 1 aliphatic heterocycles. The van der Waals surface area contributed by atoms with Crippen LogP contribution in [0.3, 0.4) is 0 Å². The molecule has 0 spiro atoms. The Morgan fingerprint density at radius 3 is 2.77 bits per heavy atom. The van der Waals surface area contributed by atoms with E-state index in [0.29, 0.717) is 22.9 Å². The monoisotopic (exact) mass is 388 g/mol. The lowest BCUT2D eigenvalue weighted by Gasteiger charge is -2.22. The second kappa shape index (κ2) is 6.64. The van der Waals surface area contributed by atoms with Crippen molar-refractivity contribution >= 4 is 21.4 Å². The maximum absolute atomic E-state index is 13.3. The van der Waals surface area contributed by atoms with Gasteiger partial charge in [0.05, 0.1) is 10.9 Å². The van der Waals surface area contributed by atoms with Gasteiger partial charge in [-0.3, -0.25) is 0 Å². The van der Waals surface area contributed by atoms with E-state index in [9.17, 15) is 8.42 Å². The van der Waals surface area contributed by atoms with E-state index >= 15 is 0 Å². The molecule has 2 aromatic heterocycles. The number of sulfonamides is 1. The molecule has 3 aromatic rings. The number of nitrogens with zero attached hydrogens (tertiary/aromatic N) is 2. The van der Waals surface area contributed by atoms with E-state index in [1.54, 1.807) is 27.8 Å². The van der Waals surface area contributed by atoms with Crippen molar-refractivity contribution in [3.8, 4) is 11.1 Å². The van der Waals surface area contributed by atoms with E-state index in [1.807, 2.05) is 32.0 Å². The smallest absolute Gasteiger partial charge is 0.243 e. The second-order valence-corrected chi connectivity index (χ2v) is 9.27. The number of thiophene rings is 1. The molecule has 1 atom stereocenters. The number of rotatable bonds is 4. The zero-order valence-corrected chi connectivity index (χ0v) is 16.3. The average Bonchev–Trinajstić information content (AvgIpc) is 3.35. The summed E-state index contributed by atoms with van der Waals surface area (Å²) in [5.41, 5.74) is 3.85. The molecule has 0 saturated carbocycles. The standard InChI is InChI=1S/C19H20N2O3S2/c1-13-11-25-12-17(13)15-5-3-6-16(10-15)26(22,23)21-8-4-7-19(21)18-9-14(2)24-20-18/h3,5-6,9-12,19H,4,7-8H2,1-2H3. The van der Waals surface area contributed by atoms with Crippen molar-refractivity contribution < 1.29 is 12.9 Å². The van der Waals surface area contributed by atoms with E-state index < -0.39 is 10.0 Å². The molecule has 7 heteroatoms. The van der Waals surface area contributed by atoms with Crippen molar-refractivity contribution in [2.24, 2.45) is 0 Å². The Morgan fingerprint density at radius 1 is 1.23 bits per heavy atom. The summed E-state index contributed by atoms with van der Waals surface area (Å²) in [5, 5.41) is 8.17. The minimum absolute atomic E-state index is 0.260. The SMILES string of the molecule is Cc1cc(C2CCCN2S(=O)(=O)c2cccc(-c3cscc3C)c2)no1. The Kier molecular flexibility index (Phi) is 4.46. The van der Waals surface area contributed by atoms with Crippen LogP contribution >= 0.6 is 11.3 Å². The molecule has 4 rings (SSSR count). The van der Waals surface area contributed by atoms with Crippen LogP contribution in [0, 0.1) is 13.8 Å². The fourth-order valence-electron chi connectivity index (χ4n) is 3.48. The topological polar surface area (TPSA) is 63.4 Å². The van der Waals surface area contributed by atoms with E-state index in [-0.39, 0.29) is 6.04 Å². The maximum Gasteiger partial charge on any atom is 0.243 e. The van der Waals surface area contributed by atoms with Gasteiger partial charge >= 0.3 is 0 Å². The molecule has 1 aliphatic rings. The fourth-order valence-corrected chi connectivity index (χ4v) is 6.05. The first-order chi connectivity index (χ1) is 12.5. The minimum Gasteiger partial charge on any atom is -0.361 e. The Hall–Kier alpha value is -1.96. The van der Waals surface area contributed by atoms with Gasteiger partial charge in [-0.15, -0.1) is 0 Å². The molecule has 0 radical (unpaired) electrons. The zero-order valence-electron chi connectivity index (χ0n) is 14.7.